The van der Waals surface area contributed by atoms with Crippen LogP contribution in [0.15, 0.2) is 0 Å². The summed E-state index contributed by atoms with van der Waals surface area (Å²) in [5.74, 6) is 0.681. The molecule has 92 valence electrons. The Morgan fingerprint density at radius 1 is 1.38 bits per heavy atom. The van der Waals surface area contributed by atoms with Gasteiger partial charge < -0.3 is 9.84 Å². The van der Waals surface area contributed by atoms with Crippen molar-refractivity contribution in [2.75, 3.05) is 0 Å². The van der Waals surface area contributed by atoms with Crippen molar-refractivity contribution in [2.24, 2.45) is 5.92 Å². The summed E-state index contributed by atoms with van der Waals surface area (Å²) in [6.07, 6.45) is 4.06. The van der Waals surface area contributed by atoms with Crippen LogP contribution >= 0.6 is 0 Å². The Labute approximate surface area is 98.4 Å². The van der Waals surface area contributed by atoms with Crippen LogP contribution in [0.25, 0.3) is 0 Å². The van der Waals surface area contributed by atoms with Gasteiger partial charge in [0, 0.05) is 0 Å². The van der Waals surface area contributed by atoms with Crippen LogP contribution < -0.4 is 0 Å². The van der Waals surface area contributed by atoms with Gasteiger partial charge in [-0.2, -0.15) is 5.26 Å². The van der Waals surface area contributed by atoms with Crippen LogP contribution in [0, 0.1) is 17.2 Å². The first kappa shape index (κ1) is 13.5. The molecule has 1 fully saturated rings. The van der Waals surface area contributed by atoms with E-state index in [0.717, 1.165) is 25.7 Å². The maximum Gasteiger partial charge on any atom is 0.154 e. The zero-order valence-electron chi connectivity index (χ0n) is 10.6. The lowest BCUT2D eigenvalue weighted by atomic mass is 9.94. The number of hydrogen-bond donors (Lipinski definition) is 1. The van der Waals surface area contributed by atoms with Gasteiger partial charge in [-0.1, -0.05) is 13.3 Å². The van der Waals surface area contributed by atoms with Crippen LogP contribution in [0.2, 0.25) is 0 Å². The maximum absolute atomic E-state index is 9.45. The monoisotopic (exact) mass is 225 g/mol. The van der Waals surface area contributed by atoms with Gasteiger partial charge in [-0.15, -0.1) is 0 Å². The normalized spacial score (nSPS) is 34.8. The molecule has 0 heterocycles. The third kappa shape index (κ3) is 3.47. The second kappa shape index (κ2) is 5.65. The summed E-state index contributed by atoms with van der Waals surface area (Å²) in [5.41, 5.74) is -0.666. The SMILES string of the molecule is CC1CCCC(C#N)(OC(C)C(C)O)CC1. The highest BCUT2D eigenvalue weighted by Crippen LogP contribution is 2.33. The predicted octanol–water partition coefficient (Wildman–Crippen LogP) is 2.63. The lowest BCUT2D eigenvalue weighted by Crippen LogP contribution is -2.38. The molecule has 0 aromatic carbocycles. The van der Waals surface area contributed by atoms with Crippen molar-refractivity contribution < 1.29 is 9.84 Å². The lowest BCUT2D eigenvalue weighted by molar-refractivity contribution is -0.102. The van der Waals surface area contributed by atoms with Crippen LogP contribution in [0.4, 0.5) is 0 Å². The topological polar surface area (TPSA) is 53.2 Å². The molecule has 3 heteroatoms. The molecule has 0 amide bonds. The minimum atomic E-state index is -0.666. The van der Waals surface area contributed by atoms with Crippen LogP contribution in [0.1, 0.15) is 52.9 Å². The standard InChI is InChI=1S/C13H23NO2/c1-10-5-4-7-13(9-14,8-6-10)16-12(3)11(2)15/h10-12,15H,4-8H2,1-3H3. The van der Waals surface area contributed by atoms with Crippen molar-refractivity contribution in [1.82, 2.24) is 0 Å². The Balaban J connectivity index is 2.66. The van der Waals surface area contributed by atoms with E-state index in [2.05, 4.69) is 13.0 Å². The smallest absolute Gasteiger partial charge is 0.154 e. The molecule has 0 radical (unpaired) electrons. The molecule has 0 aliphatic heterocycles. The largest absolute Gasteiger partial charge is 0.391 e. The van der Waals surface area contributed by atoms with E-state index in [1.807, 2.05) is 6.92 Å². The molecule has 4 atom stereocenters. The van der Waals surface area contributed by atoms with E-state index < -0.39 is 11.7 Å². The van der Waals surface area contributed by atoms with Crippen molar-refractivity contribution in [3.63, 3.8) is 0 Å². The van der Waals surface area contributed by atoms with Gasteiger partial charge in [0.05, 0.1) is 18.3 Å². The van der Waals surface area contributed by atoms with E-state index in [4.69, 9.17) is 4.74 Å². The van der Waals surface area contributed by atoms with Gasteiger partial charge in [0.2, 0.25) is 0 Å². The lowest BCUT2D eigenvalue weighted by Gasteiger charge is -2.30. The fourth-order valence-corrected chi connectivity index (χ4v) is 2.20. The third-order valence-corrected chi connectivity index (χ3v) is 3.61. The molecule has 0 spiro atoms. The zero-order chi connectivity index (χ0) is 12.2. The Hall–Kier alpha value is -0.590. The van der Waals surface area contributed by atoms with E-state index in [1.54, 1.807) is 6.92 Å². The van der Waals surface area contributed by atoms with Gasteiger partial charge in [-0.25, -0.2) is 0 Å². The number of nitrogens with zero attached hydrogens (tertiary/aromatic N) is 1. The summed E-state index contributed by atoms with van der Waals surface area (Å²) in [6, 6.07) is 2.33. The van der Waals surface area contributed by atoms with Crippen molar-refractivity contribution in [3.8, 4) is 6.07 Å². The number of rotatable bonds is 3. The highest BCUT2D eigenvalue weighted by Gasteiger charge is 2.35. The first-order valence-corrected chi connectivity index (χ1v) is 6.26. The molecule has 1 saturated carbocycles. The van der Waals surface area contributed by atoms with E-state index >= 15 is 0 Å². The van der Waals surface area contributed by atoms with E-state index in [0.29, 0.717) is 5.92 Å². The van der Waals surface area contributed by atoms with Gasteiger partial charge in [-0.05, 0) is 45.4 Å². The molecule has 0 saturated heterocycles. The molecule has 1 rings (SSSR count). The van der Waals surface area contributed by atoms with E-state index in [1.165, 1.54) is 6.42 Å². The number of hydrogen-bond acceptors (Lipinski definition) is 3. The molecule has 1 N–H and O–H groups in total. The predicted molar refractivity (Wildman–Crippen MR) is 62.8 cm³/mol. The van der Waals surface area contributed by atoms with Crippen molar-refractivity contribution in [1.29, 1.82) is 5.26 Å². The first-order chi connectivity index (χ1) is 7.49. The summed E-state index contributed by atoms with van der Waals surface area (Å²) in [4.78, 5) is 0. The summed E-state index contributed by atoms with van der Waals surface area (Å²) < 4.78 is 5.81. The fourth-order valence-electron chi connectivity index (χ4n) is 2.20. The van der Waals surface area contributed by atoms with Gasteiger partial charge in [0.15, 0.2) is 5.60 Å². The molecular formula is C13H23NO2. The zero-order valence-corrected chi connectivity index (χ0v) is 10.6. The summed E-state index contributed by atoms with van der Waals surface area (Å²) >= 11 is 0. The fraction of sp³-hybridized carbons (Fsp3) is 0.923. The molecule has 0 aromatic heterocycles. The second-order valence-corrected chi connectivity index (χ2v) is 5.21. The van der Waals surface area contributed by atoms with E-state index in [9.17, 15) is 10.4 Å². The van der Waals surface area contributed by atoms with Crippen LogP contribution in [0.5, 0.6) is 0 Å². The molecule has 0 aromatic rings. The Kier molecular flexibility index (Phi) is 4.76. The third-order valence-electron chi connectivity index (χ3n) is 3.61. The van der Waals surface area contributed by atoms with Crippen molar-refractivity contribution in [3.05, 3.63) is 0 Å². The van der Waals surface area contributed by atoms with Crippen molar-refractivity contribution >= 4 is 0 Å². The average Bonchev–Trinajstić information content (AvgIpc) is 2.42. The molecule has 1 aliphatic rings. The van der Waals surface area contributed by atoms with Gasteiger partial charge in [0.25, 0.3) is 0 Å². The summed E-state index contributed by atoms with van der Waals surface area (Å²) in [7, 11) is 0. The molecule has 1 aliphatic carbocycles. The molecule has 3 nitrogen and oxygen atoms in total. The Bertz CT molecular complexity index is 259. The van der Waals surface area contributed by atoms with Gasteiger partial charge in [-0.3, -0.25) is 0 Å². The van der Waals surface area contributed by atoms with Gasteiger partial charge in [0.1, 0.15) is 0 Å². The highest BCUT2D eigenvalue weighted by molar-refractivity contribution is 5.03. The number of aliphatic hydroxyl groups excluding tert-OH is 1. The quantitative estimate of drug-likeness (QED) is 0.751. The molecule has 4 unspecified atom stereocenters. The first-order valence-electron chi connectivity index (χ1n) is 6.26. The Morgan fingerprint density at radius 2 is 2.06 bits per heavy atom. The average molecular weight is 225 g/mol. The Morgan fingerprint density at radius 3 is 2.62 bits per heavy atom. The highest BCUT2D eigenvalue weighted by atomic mass is 16.5. The minimum absolute atomic E-state index is 0.270. The number of aliphatic hydroxyl groups is 1. The van der Waals surface area contributed by atoms with Gasteiger partial charge >= 0.3 is 0 Å². The molecular weight excluding hydrogens is 202 g/mol. The van der Waals surface area contributed by atoms with Crippen molar-refractivity contribution in [2.45, 2.75) is 70.7 Å². The maximum atomic E-state index is 9.45. The second-order valence-electron chi connectivity index (χ2n) is 5.21. The van der Waals surface area contributed by atoms with Crippen LogP contribution in [-0.2, 0) is 4.74 Å². The van der Waals surface area contributed by atoms with Crippen LogP contribution in [-0.4, -0.2) is 22.9 Å². The minimum Gasteiger partial charge on any atom is -0.391 e. The summed E-state index contributed by atoms with van der Waals surface area (Å²) in [5, 5.41) is 18.8. The summed E-state index contributed by atoms with van der Waals surface area (Å²) in [6.45, 7) is 5.76. The number of nitriles is 1. The molecule has 16 heavy (non-hydrogen) atoms. The molecule has 0 bridgehead atoms. The van der Waals surface area contributed by atoms with E-state index in [-0.39, 0.29) is 6.10 Å². The number of ether oxygens (including phenoxy) is 1. The van der Waals surface area contributed by atoms with Crippen LogP contribution in [0.3, 0.4) is 0 Å².